The minimum atomic E-state index is -0.293. The first-order valence-electron chi connectivity index (χ1n) is 5.08. The maximum atomic E-state index is 11.3. The van der Waals surface area contributed by atoms with Gasteiger partial charge < -0.3 is 10.1 Å². The number of rotatable bonds is 1. The molecular weight excluding hydrogens is 202 g/mol. The van der Waals surface area contributed by atoms with Gasteiger partial charge in [0.25, 0.3) is 5.56 Å². The molecule has 2 aromatic rings. The molecule has 0 unspecified atom stereocenters. The van der Waals surface area contributed by atoms with Crippen LogP contribution in [-0.4, -0.2) is 10.1 Å². The summed E-state index contributed by atoms with van der Waals surface area (Å²) in [6, 6.07) is 8.97. The van der Waals surface area contributed by atoms with Crippen molar-refractivity contribution in [2.45, 2.75) is 13.8 Å². The Balaban J connectivity index is 2.64. The molecule has 0 spiro atoms. The van der Waals surface area contributed by atoms with E-state index in [0.29, 0.717) is 11.3 Å². The first-order chi connectivity index (χ1) is 7.58. The van der Waals surface area contributed by atoms with Crippen LogP contribution in [0, 0.1) is 13.8 Å². The van der Waals surface area contributed by atoms with Crippen molar-refractivity contribution in [1.29, 1.82) is 0 Å². The fourth-order valence-electron chi connectivity index (χ4n) is 1.62. The Labute approximate surface area is 93.4 Å². The number of H-pyrrole nitrogens is 1. The molecule has 2 N–H and O–H groups in total. The minimum absolute atomic E-state index is 0.0272. The zero-order valence-electron chi connectivity index (χ0n) is 9.24. The third-order valence-electron chi connectivity index (χ3n) is 2.62. The first kappa shape index (κ1) is 10.5. The van der Waals surface area contributed by atoms with Gasteiger partial charge in [0.1, 0.15) is 5.75 Å². The molecule has 0 saturated carbocycles. The second kappa shape index (κ2) is 3.85. The van der Waals surface area contributed by atoms with Crippen molar-refractivity contribution >= 4 is 0 Å². The van der Waals surface area contributed by atoms with Crippen LogP contribution in [-0.2, 0) is 0 Å². The van der Waals surface area contributed by atoms with E-state index >= 15 is 0 Å². The molecule has 0 radical (unpaired) electrons. The topological polar surface area (TPSA) is 53.1 Å². The molecule has 0 bridgehead atoms. The van der Waals surface area contributed by atoms with Gasteiger partial charge in [-0.05, 0) is 19.4 Å². The van der Waals surface area contributed by atoms with Crippen LogP contribution in [0.2, 0.25) is 0 Å². The van der Waals surface area contributed by atoms with Gasteiger partial charge in [0, 0.05) is 11.6 Å². The van der Waals surface area contributed by atoms with Gasteiger partial charge in [-0.25, -0.2) is 0 Å². The second-order valence-corrected chi connectivity index (χ2v) is 3.88. The summed E-state index contributed by atoms with van der Waals surface area (Å²) >= 11 is 0. The van der Waals surface area contributed by atoms with Gasteiger partial charge in [-0.1, -0.05) is 29.8 Å². The first-order valence-corrected chi connectivity index (χ1v) is 5.08. The van der Waals surface area contributed by atoms with Gasteiger partial charge in [0.05, 0.1) is 5.69 Å². The maximum Gasteiger partial charge on any atom is 0.252 e. The number of hydrogen-bond donors (Lipinski definition) is 2. The van der Waals surface area contributed by atoms with Gasteiger partial charge in [-0.3, -0.25) is 4.79 Å². The maximum absolute atomic E-state index is 11.3. The van der Waals surface area contributed by atoms with Crippen LogP contribution in [0.4, 0.5) is 0 Å². The van der Waals surface area contributed by atoms with Crippen LogP contribution >= 0.6 is 0 Å². The van der Waals surface area contributed by atoms with E-state index in [-0.39, 0.29) is 11.3 Å². The molecule has 0 aliphatic carbocycles. The van der Waals surface area contributed by atoms with E-state index in [9.17, 15) is 9.90 Å². The summed E-state index contributed by atoms with van der Waals surface area (Å²) < 4.78 is 0. The van der Waals surface area contributed by atoms with Crippen LogP contribution in [0.15, 0.2) is 35.1 Å². The Morgan fingerprint density at radius 1 is 1.12 bits per heavy atom. The fourth-order valence-corrected chi connectivity index (χ4v) is 1.62. The second-order valence-electron chi connectivity index (χ2n) is 3.88. The smallest absolute Gasteiger partial charge is 0.252 e. The summed E-state index contributed by atoms with van der Waals surface area (Å²) in [6.07, 6.45) is 0. The van der Waals surface area contributed by atoms with Gasteiger partial charge in [-0.2, -0.15) is 0 Å². The molecule has 0 amide bonds. The Hall–Kier alpha value is -2.03. The van der Waals surface area contributed by atoms with E-state index in [2.05, 4.69) is 4.98 Å². The normalized spacial score (nSPS) is 10.4. The molecule has 0 aliphatic heterocycles. The van der Waals surface area contributed by atoms with Crippen LogP contribution < -0.4 is 5.56 Å². The van der Waals surface area contributed by atoms with E-state index in [1.54, 1.807) is 6.92 Å². The van der Waals surface area contributed by atoms with Crippen molar-refractivity contribution in [2.24, 2.45) is 0 Å². The Bertz CT molecular complexity index is 567. The number of nitrogens with one attached hydrogen (secondary N) is 1. The molecule has 0 atom stereocenters. The summed E-state index contributed by atoms with van der Waals surface area (Å²) in [5.74, 6) is 0.0272. The number of hydrogen-bond acceptors (Lipinski definition) is 2. The molecule has 2 rings (SSSR count). The van der Waals surface area contributed by atoms with Crippen molar-refractivity contribution in [1.82, 2.24) is 4.98 Å². The summed E-state index contributed by atoms with van der Waals surface area (Å²) in [7, 11) is 0. The molecule has 3 heteroatoms. The largest absolute Gasteiger partial charge is 0.507 e. The highest BCUT2D eigenvalue weighted by Crippen LogP contribution is 2.25. The highest BCUT2D eigenvalue weighted by molar-refractivity contribution is 5.65. The van der Waals surface area contributed by atoms with E-state index in [1.165, 1.54) is 6.07 Å². The monoisotopic (exact) mass is 215 g/mol. The molecule has 1 heterocycles. The van der Waals surface area contributed by atoms with Crippen molar-refractivity contribution < 1.29 is 5.11 Å². The Kier molecular flexibility index (Phi) is 2.52. The summed E-state index contributed by atoms with van der Waals surface area (Å²) in [5, 5.41) is 9.58. The van der Waals surface area contributed by atoms with Crippen molar-refractivity contribution in [3.05, 3.63) is 51.8 Å². The van der Waals surface area contributed by atoms with Gasteiger partial charge in [-0.15, -0.1) is 0 Å². The lowest BCUT2D eigenvalue weighted by molar-refractivity contribution is 0.470. The number of aromatic hydroxyl groups is 1. The summed E-state index contributed by atoms with van der Waals surface area (Å²) in [6.45, 7) is 3.78. The van der Waals surface area contributed by atoms with E-state index in [4.69, 9.17) is 0 Å². The summed E-state index contributed by atoms with van der Waals surface area (Å²) in [4.78, 5) is 14.0. The molecule has 1 aromatic heterocycles. The SMILES string of the molecule is Cc1ccc(-c2[nH]c(=O)cc(O)c2C)cc1. The van der Waals surface area contributed by atoms with Crippen LogP contribution in [0.25, 0.3) is 11.3 Å². The van der Waals surface area contributed by atoms with Crippen molar-refractivity contribution in [3.63, 3.8) is 0 Å². The lowest BCUT2D eigenvalue weighted by atomic mass is 10.0. The molecule has 16 heavy (non-hydrogen) atoms. The van der Waals surface area contributed by atoms with E-state index < -0.39 is 0 Å². The zero-order chi connectivity index (χ0) is 11.7. The predicted octanol–water partition coefficient (Wildman–Crippen LogP) is 2.36. The van der Waals surface area contributed by atoms with Gasteiger partial charge in [0.2, 0.25) is 0 Å². The highest BCUT2D eigenvalue weighted by atomic mass is 16.3. The molecule has 0 aliphatic rings. The Morgan fingerprint density at radius 2 is 1.75 bits per heavy atom. The van der Waals surface area contributed by atoms with Crippen LogP contribution in [0.3, 0.4) is 0 Å². The third-order valence-corrected chi connectivity index (χ3v) is 2.62. The summed E-state index contributed by atoms with van der Waals surface area (Å²) in [5.41, 5.74) is 3.12. The molecule has 0 saturated heterocycles. The number of aromatic nitrogens is 1. The van der Waals surface area contributed by atoms with Crippen LogP contribution in [0.1, 0.15) is 11.1 Å². The number of benzene rings is 1. The highest BCUT2D eigenvalue weighted by Gasteiger charge is 2.07. The number of pyridine rings is 1. The van der Waals surface area contributed by atoms with E-state index in [0.717, 1.165) is 11.1 Å². The average molecular weight is 215 g/mol. The lowest BCUT2D eigenvalue weighted by Crippen LogP contribution is -2.06. The lowest BCUT2D eigenvalue weighted by Gasteiger charge is -2.07. The van der Waals surface area contributed by atoms with Crippen LogP contribution in [0.5, 0.6) is 5.75 Å². The van der Waals surface area contributed by atoms with Gasteiger partial charge >= 0.3 is 0 Å². The molecule has 1 aromatic carbocycles. The number of aryl methyl sites for hydroxylation is 1. The van der Waals surface area contributed by atoms with Crippen molar-refractivity contribution in [3.8, 4) is 17.0 Å². The molecule has 3 nitrogen and oxygen atoms in total. The standard InChI is InChI=1S/C13H13NO2/c1-8-3-5-10(6-4-8)13-9(2)11(15)7-12(16)14-13/h3-7H,1-2H3,(H2,14,15,16). The van der Waals surface area contributed by atoms with E-state index in [1.807, 2.05) is 31.2 Å². The predicted molar refractivity (Wildman–Crippen MR) is 63.6 cm³/mol. The molecule has 0 fully saturated rings. The Morgan fingerprint density at radius 3 is 2.38 bits per heavy atom. The average Bonchev–Trinajstić information content (AvgIpc) is 2.25. The third kappa shape index (κ3) is 1.84. The molecular formula is C13H13NO2. The van der Waals surface area contributed by atoms with Crippen molar-refractivity contribution in [2.75, 3.05) is 0 Å². The molecule has 82 valence electrons. The van der Waals surface area contributed by atoms with Gasteiger partial charge in [0.15, 0.2) is 0 Å². The fraction of sp³-hybridized carbons (Fsp3) is 0.154. The minimum Gasteiger partial charge on any atom is -0.507 e. The quantitative estimate of drug-likeness (QED) is 0.767. The zero-order valence-corrected chi connectivity index (χ0v) is 9.24. The number of aromatic amines is 1.